The summed E-state index contributed by atoms with van der Waals surface area (Å²) >= 11 is 1.21. The molecule has 2 aromatic rings. The first-order chi connectivity index (χ1) is 11.1. The number of hydrogen-bond donors (Lipinski definition) is 1. The van der Waals surface area contributed by atoms with Crippen molar-refractivity contribution < 1.29 is 9.53 Å². The summed E-state index contributed by atoms with van der Waals surface area (Å²) < 4.78 is 7.26. The average molecular weight is 333 g/mol. The molecule has 1 aliphatic rings. The number of carbonyl (C=O) groups is 1. The Kier molecular flexibility index (Phi) is 4.68. The molecule has 0 saturated carbocycles. The Balaban J connectivity index is 2.06. The first-order valence-electron chi connectivity index (χ1n) is 7.63. The van der Waals surface area contributed by atoms with Crippen LogP contribution < -0.4 is 11.3 Å². The molecule has 1 fully saturated rings. The number of para-hydroxylation sites is 1. The summed E-state index contributed by atoms with van der Waals surface area (Å²) in [5.74, 6) is -0.430. The molecule has 2 heterocycles. The number of nitrogens with two attached hydrogens (primary N) is 1. The molecule has 3 rings (SSSR count). The third-order valence-electron chi connectivity index (χ3n) is 3.92. The normalized spacial score (nSPS) is 19.1. The topological polar surface area (TPSA) is 87.2 Å². The molecule has 122 valence electrons. The molecule has 2 atom stereocenters. The average Bonchev–Trinajstić information content (AvgIpc) is 3.04. The fraction of sp³-hybridized carbons (Fsp3) is 0.438. The molecule has 0 radical (unpaired) electrons. The van der Waals surface area contributed by atoms with Crippen molar-refractivity contribution >= 4 is 28.6 Å². The molecule has 0 unspecified atom stereocenters. The van der Waals surface area contributed by atoms with Crippen molar-refractivity contribution in [3.8, 4) is 0 Å². The second-order valence-corrected chi connectivity index (χ2v) is 6.93. The van der Waals surface area contributed by atoms with E-state index in [1.807, 2.05) is 12.1 Å². The van der Waals surface area contributed by atoms with Crippen LogP contribution in [0, 0.1) is 0 Å². The van der Waals surface area contributed by atoms with Gasteiger partial charge in [0.1, 0.15) is 0 Å². The maximum Gasteiger partial charge on any atom is 0.262 e. The van der Waals surface area contributed by atoms with Gasteiger partial charge in [0.2, 0.25) is 5.91 Å². The fourth-order valence-corrected chi connectivity index (χ4v) is 3.47. The van der Waals surface area contributed by atoms with Gasteiger partial charge in [0.05, 0.1) is 28.8 Å². The van der Waals surface area contributed by atoms with E-state index in [0.29, 0.717) is 22.6 Å². The zero-order valence-electron chi connectivity index (χ0n) is 12.9. The van der Waals surface area contributed by atoms with E-state index in [1.165, 1.54) is 11.8 Å². The van der Waals surface area contributed by atoms with E-state index in [0.717, 1.165) is 19.4 Å². The van der Waals surface area contributed by atoms with Crippen LogP contribution in [0.3, 0.4) is 0 Å². The summed E-state index contributed by atoms with van der Waals surface area (Å²) in [7, 11) is 0. The van der Waals surface area contributed by atoms with Crippen molar-refractivity contribution in [2.75, 3.05) is 6.61 Å². The first kappa shape index (κ1) is 16.0. The third kappa shape index (κ3) is 3.40. The highest BCUT2D eigenvalue weighted by atomic mass is 32.2. The summed E-state index contributed by atoms with van der Waals surface area (Å²) in [6, 6.07) is 7.22. The van der Waals surface area contributed by atoms with E-state index in [2.05, 4.69) is 4.98 Å². The Hall–Kier alpha value is -1.86. The van der Waals surface area contributed by atoms with Gasteiger partial charge >= 0.3 is 0 Å². The van der Waals surface area contributed by atoms with Crippen LogP contribution in [-0.4, -0.2) is 33.4 Å². The number of amides is 1. The number of fused-ring (bicyclic) bond motifs is 1. The molecule has 6 nitrogen and oxygen atoms in total. The van der Waals surface area contributed by atoms with Gasteiger partial charge in [0.25, 0.3) is 5.56 Å². The molecule has 1 saturated heterocycles. The van der Waals surface area contributed by atoms with E-state index < -0.39 is 11.2 Å². The molecule has 2 N–H and O–H groups in total. The van der Waals surface area contributed by atoms with E-state index >= 15 is 0 Å². The molecular weight excluding hydrogens is 314 g/mol. The predicted molar refractivity (Wildman–Crippen MR) is 89.5 cm³/mol. The molecule has 0 bridgehead atoms. The minimum absolute atomic E-state index is 0.0129. The zero-order chi connectivity index (χ0) is 16.4. The fourth-order valence-electron chi connectivity index (χ4n) is 2.61. The zero-order valence-corrected chi connectivity index (χ0v) is 13.7. The molecule has 1 amide bonds. The van der Waals surface area contributed by atoms with Crippen molar-refractivity contribution in [2.45, 2.75) is 42.8 Å². The van der Waals surface area contributed by atoms with Crippen LogP contribution in [0.25, 0.3) is 10.9 Å². The van der Waals surface area contributed by atoms with Crippen LogP contribution in [-0.2, 0) is 16.1 Å². The van der Waals surface area contributed by atoms with E-state index in [-0.39, 0.29) is 11.7 Å². The van der Waals surface area contributed by atoms with Gasteiger partial charge in [-0.3, -0.25) is 14.2 Å². The van der Waals surface area contributed by atoms with Crippen LogP contribution in [0.5, 0.6) is 0 Å². The van der Waals surface area contributed by atoms with E-state index in [1.54, 1.807) is 23.6 Å². The standard InChI is InChI=1S/C16H19N3O3S/c1-10(14(17)20)23-16-18-13-7-3-2-6-12(13)15(21)19(16)9-11-5-4-8-22-11/h2-3,6-7,10-11H,4-5,8-9H2,1H3,(H2,17,20)/t10-,11+/m1/s1. The highest BCUT2D eigenvalue weighted by Crippen LogP contribution is 2.24. The van der Waals surface area contributed by atoms with E-state index in [9.17, 15) is 9.59 Å². The summed E-state index contributed by atoms with van der Waals surface area (Å²) in [6.07, 6.45) is 1.94. The third-order valence-corrected chi connectivity index (χ3v) is 5.03. The van der Waals surface area contributed by atoms with Crippen molar-refractivity contribution in [3.05, 3.63) is 34.6 Å². The van der Waals surface area contributed by atoms with Crippen LogP contribution in [0.4, 0.5) is 0 Å². The van der Waals surface area contributed by atoms with Gasteiger partial charge in [0.15, 0.2) is 5.16 Å². The number of thioether (sulfide) groups is 1. The minimum Gasteiger partial charge on any atom is -0.376 e. The van der Waals surface area contributed by atoms with Crippen molar-refractivity contribution in [1.29, 1.82) is 0 Å². The monoisotopic (exact) mass is 333 g/mol. The Morgan fingerprint density at radius 1 is 1.52 bits per heavy atom. The number of primary amides is 1. The number of ether oxygens (including phenoxy) is 1. The minimum atomic E-state index is -0.459. The van der Waals surface area contributed by atoms with Gasteiger partial charge in [-0.1, -0.05) is 23.9 Å². The molecule has 7 heteroatoms. The summed E-state index contributed by atoms with van der Waals surface area (Å²) in [5.41, 5.74) is 5.87. The number of rotatable bonds is 5. The van der Waals surface area contributed by atoms with Gasteiger partial charge in [-0.2, -0.15) is 0 Å². The maximum absolute atomic E-state index is 12.8. The molecule has 0 spiro atoms. The van der Waals surface area contributed by atoms with Crippen LogP contribution in [0.1, 0.15) is 19.8 Å². The molecule has 1 aliphatic heterocycles. The lowest BCUT2D eigenvalue weighted by atomic mass is 10.2. The van der Waals surface area contributed by atoms with Gasteiger partial charge in [-0.25, -0.2) is 4.98 Å². The smallest absolute Gasteiger partial charge is 0.262 e. The second kappa shape index (κ2) is 6.72. The van der Waals surface area contributed by atoms with Crippen molar-refractivity contribution in [3.63, 3.8) is 0 Å². The Bertz CT molecular complexity index is 784. The molecule has 0 aliphatic carbocycles. The SMILES string of the molecule is C[C@@H](Sc1nc2ccccc2c(=O)n1C[C@@H]1CCCO1)C(N)=O. The Labute approximate surface area is 138 Å². The molecule has 23 heavy (non-hydrogen) atoms. The summed E-state index contributed by atoms with van der Waals surface area (Å²) in [5, 5.41) is 0.621. The molecule has 1 aromatic heterocycles. The largest absolute Gasteiger partial charge is 0.376 e. The molecular formula is C16H19N3O3S. The van der Waals surface area contributed by atoms with Crippen LogP contribution >= 0.6 is 11.8 Å². The highest BCUT2D eigenvalue weighted by Gasteiger charge is 2.22. The maximum atomic E-state index is 12.8. The number of carbonyl (C=O) groups excluding carboxylic acids is 1. The number of aromatic nitrogens is 2. The van der Waals surface area contributed by atoms with Gasteiger partial charge < -0.3 is 10.5 Å². The van der Waals surface area contributed by atoms with Gasteiger partial charge in [-0.05, 0) is 31.9 Å². The lowest BCUT2D eigenvalue weighted by Gasteiger charge is -2.17. The number of benzene rings is 1. The Morgan fingerprint density at radius 3 is 3.00 bits per heavy atom. The number of nitrogens with zero attached hydrogens (tertiary/aromatic N) is 2. The molecule has 1 aromatic carbocycles. The Morgan fingerprint density at radius 2 is 2.30 bits per heavy atom. The van der Waals surface area contributed by atoms with Gasteiger partial charge in [0, 0.05) is 6.61 Å². The predicted octanol–water partition coefficient (Wildman–Crippen LogP) is 1.54. The summed E-state index contributed by atoms with van der Waals surface area (Å²) in [6.45, 7) is 2.88. The van der Waals surface area contributed by atoms with Crippen molar-refractivity contribution in [1.82, 2.24) is 9.55 Å². The van der Waals surface area contributed by atoms with Gasteiger partial charge in [-0.15, -0.1) is 0 Å². The van der Waals surface area contributed by atoms with Crippen LogP contribution in [0.15, 0.2) is 34.2 Å². The van der Waals surface area contributed by atoms with Crippen molar-refractivity contribution in [2.24, 2.45) is 5.73 Å². The lowest BCUT2D eigenvalue weighted by Crippen LogP contribution is -2.30. The van der Waals surface area contributed by atoms with Crippen LogP contribution in [0.2, 0.25) is 0 Å². The number of hydrogen-bond acceptors (Lipinski definition) is 5. The second-order valence-electron chi connectivity index (χ2n) is 5.62. The quantitative estimate of drug-likeness (QED) is 0.662. The van der Waals surface area contributed by atoms with E-state index in [4.69, 9.17) is 10.5 Å². The first-order valence-corrected chi connectivity index (χ1v) is 8.51. The highest BCUT2D eigenvalue weighted by molar-refractivity contribution is 8.00. The lowest BCUT2D eigenvalue weighted by molar-refractivity contribution is -0.117. The summed E-state index contributed by atoms with van der Waals surface area (Å²) in [4.78, 5) is 28.8.